The molecule has 0 atom stereocenters. The Morgan fingerprint density at radius 2 is 1.85 bits per heavy atom. The quantitative estimate of drug-likeness (QED) is 0.373. The van der Waals surface area contributed by atoms with Gasteiger partial charge < -0.3 is 15.5 Å². The minimum atomic E-state index is 0. The highest BCUT2D eigenvalue weighted by Crippen LogP contribution is 2.18. The van der Waals surface area contributed by atoms with Crippen molar-refractivity contribution >= 4 is 40.7 Å². The molecule has 2 aromatic rings. The third-order valence-electron chi connectivity index (χ3n) is 5.26. The van der Waals surface area contributed by atoms with Gasteiger partial charge in [0.15, 0.2) is 5.96 Å². The largest absolute Gasteiger partial charge is 0.356 e. The number of nitrogens with zero attached hydrogens (tertiary/aromatic N) is 2. The maximum Gasteiger partial charge on any atom is 0.191 e. The SMILES string of the molecule is CCCN1CCC(NC(=NC)NCCc2cccc3ccccc23)CC1.I. The van der Waals surface area contributed by atoms with Crippen LogP contribution in [-0.2, 0) is 6.42 Å². The Morgan fingerprint density at radius 3 is 2.59 bits per heavy atom. The van der Waals surface area contributed by atoms with Gasteiger partial charge in [0.1, 0.15) is 0 Å². The van der Waals surface area contributed by atoms with Crippen LogP contribution >= 0.6 is 24.0 Å². The van der Waals surface area contributed by atoms with E-state index in [9.17, 15) is 0 Å². The second-order valence-corrected chi connectivity index (χ2v) is 7.15. The van der Waals surface area contributed by atoms with Gasteiger partial charge in [0.2, 0.25) is 0 Å². The van der Waals surface area contributed by atoms with Crippen molar-refractivity contribution in [3.05, 3.63) is 48.0 Å². The van der Waals surface area contributed by atoms with Crippen molar-refractivity contribution in [1.29, 1.82) is 0 Å². The molecule has 0 bridgehead atoms. The second kappa shape index (κ2) is 11.5. The third kappa shape index (κ3) is 6.35. The van der Waals surface area contributed by atoms with E-state index < -0.39 is 0 Å². The van der Waals surface area contributed by atoms with Crippen LogP contribution in [0.15, 0.2) is 47.5 Å². The van der Waals surface area contributed by atoms with E-state index in [0.29, 0.717) is 6.04 Å². The molecule has 1 aliphatic heterocycles. The van der Waals surface area contributed by atoms with Crippen molar-refractivity contribution in [1.82, 2.24) is 15.5 Å². The van der Waals surface area contributed by atoms with E-state index in [1.807, 2.05) is 7.05 Å². The highest BCUT2D eigenvalue weighted by molar-refractivity contribution is 14.0. The standard InChI is InChI=1S/C22H32N4.HI/c1-3-15-26-16-12-20(13-17-26)25-22(23-2)24-14-11-19-9-6-8-18-7-4-5-10-21(18)19;/h4-10,20H,3,11-17H2,1-2H3,(H2,23,24,25);1H. The molecule has 2 N–H and O–H groups in total. The van der Waals surface area contributed by atoms with E-state index >= 15 is 0 Å². The molecule has 1 fully saturated rings. The molecule has 5 heteroatoms. The van der Waals surface area contributed by atoms with Crippen molar-refractivity contribution in [2.75, 3.05) is 33.2 Å². The van der Waals surface area contributed by atoms with Gasteiger partial charge in [-0.25, -0.2) is 0 Å². The van der Waals surface area contributed by atoms with Gasteiger partial charge in [0.05, 0.1) is 0 Å². The Morgan fingerprint density at radius 1 is 1.11 bits per heavy atom. The Hall–Kier alpha value is -1.34. The van der Waals surface area contributed by atoms with Crippen LogP contribution in [0.1, 0.15) is 31.7 Å². The molecule has 148 valence electrons. The van der Waals surface area contributed by atoms with E-state index in [2.05, 4.69) is 69.9 Å². The maximum atomic E-state index is 4.41. The number of hydrogen-bond acceptors (Lipinski definition) is 2. The van der Waals surface area contributed by atoms with Crippen LogP contribution < -0.4 is 10.6 Å². The topological polar surface area (TPSA) is 39.7 Å². The number of nitrogens with one attached hydrogen (secondary N) is 2. The predicted molar refractivity (Wildman–Crippen MR) is 127 cm³/mol. The molecular weight excluding hydrogens is 447 g/mol. The number of aliphatic imine (C=N–C) groups is 1. The number of likely N-dealkylation sites (tertiary alicyclic amines) is 1. The Kier molecular flexibility index (Phi) is 9.34. The smallest absolute Gasteiger partial charge is 0.191 e. The minimum Gasteiger partial charge on any atom is -0.356 e. The zero-order chi connectivity index (χ0) is 18.2. The molecule has 3 rings (SSSR count). The van der Waals surface area contributed by atoms with Gasteiger partial charge in [0, 0.05) is 32.7 Å². The molecule has 0 saturated carbocycles. The Balaban J connectivity index is 0.00000261. The molecule has 27 heavy (non-hydrogen) atoms. The van der Waals surface area contributed by atoms with Crippen molar-refractivity contribution in [3.8, 4) is 0 Å². The van der Waals surface area contributed by atoms with Crippen molar-refractivity contribution in [2.45, 2.75) is 38.6 Å². The summed E-state index contributed by atoms with van der Waals surface area (Å²) in [6, 6.07) is 15.7. The molecule has 2 aromatic carbocycles. The van der Waals surface area contributed by atoms with Gasteiger partial charge >= 0.3 is 0 Å². The Labute approximate surface area is 180 Å². The average molecular weight is 480 g/mol. The normalized spacial score (nSPS) is 16.1. The number of benzene rings is 2. The summed E-state index contributed by atoms with van der Waals surface area (Å²) in [5, 5.41) is 9.76. The molecule has 0 amide bonds. The van der Waals surface area contributed by atoms with Crippen LogP contribution in [-0.4, -0.2) is 50.1 Å². The maximum absolute atomic E-state index is 4.41. The van der Waals surface area contributed by atoms with Gasteiger partial charge in [-0.2, -0.15) is 0 Å². The summed E-state index contributed by atoms with van der Waals surface area (Å²) >= 11 is 0. The third-order valence-corrected chi connectivity index (χ3v) is 5.26. The zero-order valence-corrected chi connectivity index (χ0v) is 18.9. The van der Waals surface area contributed by atoms with Gasteiger partial charge in [-0.3, -0.25) is 4.99 Å². The summed E-state index contributed by atoms with van der Waals surface area (Å²) < 4.78 is 0. The van der Waals surface area contributed by atoms with E-state index in [1.165, 1.54) is 55.2 Å². The van der Waals surface area contributed by atoms with Crippen molar-refractivity contribution in [3.63, 3.8) is 0 Å². The van der Waals surface area contributed by atoms with E-state index in [0.717, 1.165) is 18.9 Å². The van der Waals surface area contributed by atoms with Gasteiger partial charge in [-0.05, 0) is 48.6 Å². The molecular formula is C22H33IN4. The zero-order valence-electron chi connectivity index (χ0n) is 16.6. The lowest BCUT2D eigenvalue weighted by molar-refractivity contribution is 0.206. The lowest BCUT2D eigenvalue weighted by Crippen LogP contribution is -2.49. The van der Waals surface area contributed by atoms with E-state index in [-0.39, 0.29) is 24.0 Å². The summed E-state index contributed by atoms with van der Waals surface area (Å²) in [5.74, 6) is 0.930. The van der Waals surface area contributed by atoms with Crippen LogP contribution in [0.4, 0.5) is 0 Å². The molecule has 0 aromatic heterocycles. The fourth-order valence-corrected chi connectivity index (χ4v) is 3.83. The molecule has 0 radical (unpaired) electrons. The number of piperidine rings is 1. The first-order valence-corrected chi connectivity index (χ1v) is 9.96. The molecule has 1 heterocycles. The first kappa shape index (κ1) is 22.0. The van der Waals surface area contributed by atoms with Gasteiger partial charge in [0.25, 0.3) is 0 Å². The summed E-state index contributed by atoms with van der Waals surface area (Å²) in [7, 11) is 1.86. The number of rotatable bonds is 6. The summed E-state index contributed by atoms with van der Waals surface area (Å²) in [6.07, 6.45) is 4.64. The van der Waals surface area contributed by atoms with Gasteiger partial charge in [-0.1, -0.05) is 49.4 Å². The molecule has 1 saturated heterocycles. The van der Waals surface area contributed by atoms with Crippen LogP contribution in [0, 0.1) is 0 Å². The first-order valence-electron chi connectivity index (χ1n) is 9.96. The molecule has 4 nitrogen and oxygen atoms in total. The highest BCUT2D eigenvalue weighted by Gasteiger charge is 2.19. The van der Waals surface area contributed by atoms with Crippen molar-refractivity contribution in [2.24, 2.45) is 4.99 Å². The van der Waals surface area contributed by atoms with Crippen molar-refractivity contribution < 1.29 is 0 Å². The average Bonchev–Trinajstić information content (AvgIpc) is 2.69. The van der Waals surface area contributed by atoms with E-state index in [4.69, 9.17) is 0 Å². The summed E-state index contributed by atoms with van der Waals surface area (Å²) in [5.41, 5.74) is 1.39. The van der Waals surface area contributed by atoms with Crippen LogP contribution in [0.25, 0.3) is 10.8 Å². The lowest BCUT2D eigenvalue weighted by Gasteiger charge is -2.32. The molecule has 0 unspecified atom stereocenters. The first-order chi connectivity index (χ1) is 12.8. The number of guanidine groups is 1. The highest BCUT2D eigenvalue weighted by atomic mass is 127. The second-order valence-electron chi connectivity index (χ2n) is 7.15. The molecule has 1 aliphatic rings. The van der Waals surface area contributed by atoms with E-state index in [1.54, 1.807) is 0 Å². The fourth-order valence-electron chi connectivity index (χ4n) is 3.83. The van der Waals surface area contributed by atoms with Crippen LogP contribution in [0.5, 0.6) is 0 Å². The fraction of sp³-hybridized carbons (Fsp3) is 0.500. The minimum absolute atomic E-state index is 0. The monoisotopic (exact) mass is 480 g/mol. The van der Waals surface area contributed by atoms with Crippen LogP contribution in [0.3, 0.4) is 0 Å². The number of halogens is 1. The molecule has 0 spiro atoms. The predicted octanol–water partition coefficient (Wildman–Crippen LogP) is 4.04. The van der Waals surface area contributed by atoms with Crippen LogP contribution in [0.2, 0.25) is 0 Å². The molecule has 0 aliphatic carbocycles. The van der Waals surface area contributed by atoms with Gasteiger partial charge in [-0.15, -0.1) is 24.0 Å². The lowest BCUT2D eigenvalue weighted by atomic mass is 10.0. The summed E-state index contributed by atoms with van der Waals surface area (Å²) in [6.45, 7) is 6.76. The number of fused-ring (bicyclic) bond motifs is 1. The summed E-state index contributed by atoms with van der Waals surface area (Å²) in [4.78, 5) is 6.98. The number of hydrogen-bond donors (Lipinski definition) is 2. The Bertz CT molecular complexity index is 718.